The van der Waals surface area contributed by atoms with Crippen LogP contribution in [0.2, 0.25) is 0 Å². The van der Waals surface area contributed by atoms with E-state index in [0.29, 0.717) is 6.04 Å². The number of rotatable bonds is 2. The second kappa shape index (κ2) is 4.29. The van der Waals surface area contributed by atoms with Crippen molar-refractivity contribution in [1.29, 1.82) is 5.26 Å². The van der Waals surface area contributed by atoms with Gasteiger partial charge in [0.1, 0.15) is 0 Å². The third-order valence-electron chi connectivity index (χ3n) is 3.60. The summed E-state index contributed by atoms with van der Waals surface area (Å²) < 4.78 is 0. The van der Waals surface area contributed by atoms with Gasteiger partial charge >= 0.3 is 0 Å². The zero-order valence-corrected chi connectivity index (χ0v) is 8.87. The Labute approximate surface area is 86.1 Å². The molecule has 2 fully saturated rings. The van der Waals surface area contributed by atoms with Gasteiger partial charge in [-0.1, -0.05) is 6.92 Å². The van der Waals surface area contributed by atoms with Gasteiger partial charge in [-0.05, 0) is 31.7 Å². The molecule has 1 N–H and O–H groups in total. The number of nitrogens with zero attached hydrogens (tertiary/aromatic N) is 2. The molecule has 0 aliphatic carbocycles. The zero-order chi connectivity index (χ0) is 9.97. The molecule has 14 heavy (non-hydrogen) atoms. The number of piperidine rings is 1. The molecule has 0 bridgehead atoms. The van der Waals surface area contributed by atoms with Gasteiger partial charge in [-0.15, -0.1) is 0 Å². The van der Waals surface area contributed by atoms with Gasteiger partial charge in [0.25, 0.3) is 0 Å². The van der Waals surface area contributed by atoms with Crippen LogP contribution in [-0.4, -0.2) is 36.6 Å². The molecule has 0 aromatic heterocycles. The Morgan fingerprint density at radius 2 is 2.43 bits per heavy atom. The first-order valence-electron chi connectivity index (χ1n) is 5.72. The second-order valence-corrected chi connectivity index (χ2v) is 4.47. The lowest BCUT2D eigenvalue weighted by Crippen LogP contribution is -2.41. The summed E-state index contributed by atoms with van der Waals surface area (Å²) in [4.78, 5) is 2.35. The molecular weight excluding hydrogens is 174 g/mol. The highest BCUT2D eigenvalue weighted by Gasteiger charge is 2.36. The molecular formula is C11H19N3. The third kappa shape index (κ3) is 1.77. The van der Waals surface area contributed by atoms with E-state index in [-0.39, 0.29) is 6.04 Å². The van der Waals surface area contributed by atoms with E-state index in [1.165, 1.54) is 19.4 Å². The first-order valence-corrected chi connectivity index (χ1v) is 5.72. The van der Waals surface area contributed by atoms with E-state index >= 15 is 0 Å². The summed E-state index contributed by atoms with van der Waals surface area (Å²) in [5.74, 6) is 0.797. The molecule has 0 amide bonds. The van der Waals surface area contributed by atoms with Gasteiger partial charge in [-0.3, -0.25) is 4.90 Å². The van der Waals surface area contributed by atoms with Crippen molar-refractivity contribution in [2.75, 3.05) is 19.6 Å². The predicted octanol–water partition coefficient (Wildman–Crippen LogP) is 0.972. The highest BCUT2D eigenvalue weighted by molar-refractivity contribution is 4.99. The number of fused-ring (bicyclic) bond motifs is 1. The smallest absolute Gasteiger partial charge is 0.0975 e. The van der Waals surface area contributed by atoms with E-state index in [4.69, 9.17) is 5.26 Å². The zero-order valence-electron chi connectivity index (χ0n) is 8.87. The molecule has 3 nitrogen and oxygen atoms in total. The molecule has 0 spiro atoms. The monoisotopic (exact) mass is 193 g/mol. The van der Waals surface area contributed by atoms with Gasteiger partial charge in [0.15, 0.2) is 0 Å². The van der Waals surface area contributed by atoms with Crippen LogP contribution >= 0.6 is 0 Å². The largest absolute Gasteiger partial charge is 0.312 e. The average molecular weight is 193 g/mol. The first-order chi connectivity index (χ1) is 6.85. The lowest BCUT2D eigenvalue weighted by molar-refractivity contribution is 0.270. The van der Waals surface area contributed by atoms with E-state index in [1.54, 1.807) is 0 Å². The molecule has 2 saturated heterocycles. The van der Waals surface area contributed by atoms with Crippen LogP contribution in [0.1, 0.15) is 26.2 Å². The molecule has 2 aliphatic heterocycles. The summed E-state index contributed by atoms with van der Waals surface area (Å²) in [6.45, 7) is 5.47. The molecule has 2 aliphatic rings. The average Bonchev–Trinajstić information content (AvgIpc) is 2.63. The Balaban J connectivity index is 1.95. The Kier molecular flexibility index (Phi) is 3.05. The van der Waals surface area contributed by atoms with Crippen LogP contribution < -0.4 is 5.32 Å². The van der Waals surface area contributed by atoms with Crippen LogP contribution in [0.25, 0.3) is 0 Å². The molecule has 3 atom stereocenters. The molecule has 2 heterocycles. The van der Waals surface area contributed by atoms with Gasteiger partial charge in [-0.25, -0.2) is 0 Å². The maximum absolute atomic E-state index is 9.01. The molecule has 2 rings (SSSR count). The quantitative estimate of drug-likeness (QED) is 0.710. The fourth-order valence-electron chi connectivity index (χ4n) is 2.77. The summed E-state index contributed by atoms with van der Waals surface area (Å²) >= 11 is 0. The minimum atomic E-state index is 0.141. The number of hydrogen-bond donors (Lipinski definition) is 1. The van der Waals surface area contributed by atoms with Crippen molar-refractivity contribution in [3.8, 4) is 6.07 Å². The summed E-state index contributed by atoms with van der Waals surface area (Å²) in [5.41, 5.74) is 0. The highest BCUT2D eigenvalue weighted by Crippen LogP contribution is 2.26. The normalized spacial score (nSPS) is 34.9. The lowest BCUT2D eigenvalue weighted by Gasteiger charge is -2.24. The van der Waals surface area contributed by atoms with Gasteiger partial charge in [0.05, 0.1) is 12.1 Å². The molecule has 0 aromatic carbocycles. The maximum atomic E-state index is 9.01. The van der Waals surface area contributed by atoms with E-state index < -0.39 is 0 Å². The summed E-state index contributed by atoms with van der Waals surface area (Å²) in [6.07, 6.45) is 3.60. The SMILES string of the molecule is CCC(C#N)N1CC2CCCNC2C1. The first kappa shape index (κ1) is 9.95. The summed E-state index contributed by atoms with van der Waals surface area (Å²) in [5, 5.41) is 12.6. The molecule has 78 valence electrons. The van der Waals surface area contributed by atoms with Crippen molar-refractivity contribution in [2.45, 2.75) is 38.3 Å². The molecule has 0 radical (unpaired) electrons. The van der Waals surface area contributed by atoms with Gasteiger partial charge < -0.3 is 5.32 Å². The van der Waals surface area contributed by atoms with Gasteiger partial charge in [0, 0.05) is 19.1 Å². The van der Waals surface area contributed by atoms with Crippen molar-refractivity contribution in [1.82, 2.24) is 10.2 Å². The highest BCUT2D eigenvalue weighted by atomic mass is 15.2. The third-order valence-corrected chi connectivity index (χ3v) is 3.60. The second-order valence-electron chi connectivity index (χ2n) is 4.47. The number of hydrogen-bond acceptors (Lipinski definition) is 3. The maximum Gasteiger partial charge on any atom is 0.0975 e. The number of nitriles is 1. The lowest BCUT2D eigenvalue weighted by atomic mass is 9.94. The van der Waals surface area contributed by atoms with Gasteiger partial charge in [0.2, 0.25) is 0 Å². The van der Waals surface area contributed by atoms with Crippen LogP contribution in [0.15, 0.2) is 0 Å². The van der Waals surface area contributed by atoms with Crippen LogP contribution in [0.3, 0.4) is 0 Å². The fraction of sp³-hybridized carbons (Fsp3) is 0.909. The van der Waals surface area contributed by atoms with Crippen molar-refractivity contribution < 1.29 is 0 Å². The van der Waals surface area contributed by atoms with Crippen LogP contribution in [0.5, 0.6) is 0 Å². The van der Waals surface area contributed by atoms with E-state index in [0.717, 1.165) is 25.4 Å². The summed E-state index contributed by atoms with van der Waals surface area (Å²) in [7, 11) is 0. The topological polar surface area (TPSA) is 39.1 Å². The van der Waals surface area contributed by atoms with Crippen molar-refractivity contribution >= 4 is 0 Å². The summed E-state index contributed by atoms with van der Waals surface area (Å²) in [6, 6.07) is 3.20. The van der Waals surface area contributed by atoms with Crippen LogP contribution in [0, 0.1) is 17.2 Å². The van der Waals surface area contributed by atoms with Crippen molar-refractivity contribution in [3.05, 3.63) is 0 Å². The fourth-order valence-corrected chi connectivity index (χ4v) is 2.77. The van der Waals surface area contributed by atoms with Crippen LogP contribution in [-0.2, 0) is 0 Å². The Bertz CT molecular complexity index is 219. The van der Waals surface area contributed by atoms with Crippen molar-refractivity contribution in [2.24, 2.45) is 5.92 Å². The van der Waals surface area contributed by atoms with Crippen LogP contribution in [0.4, 0.5) is 0 Å². The molecule has 0 saturated carbocycles. The van der Waals surface area contributed by atoms with Gasteiger partial charge in [-0.2, -0.15) is 5.26 Å². The predicted molar refractivity (Wildman–Crippen MR) is 55.8 cm³/mol. The minimum absolute atomic E-state index is 0.141. The molecule has 3 unspecified atom stereocenters. The van der Waals surface area contributed by atoms with E-state index in [1.807, 2.05) is 0 Å². The standard InChI is InChI=1S/C11H19N3/c1-2-10(6-12)14-7-9-4-3-5-13-11(9)8-14/h9-11,13H,2-5,7-8H2,1H3. The minimum Gasteiger partial charge on any atom is -0.312 e. The Hall–Kier alpha value is -0.590. The molecule has 0 aromatic rings. The molecule has 3 heteroatoms. The Morgan fingerprint density at radius 1 is 1.57 bits per heavy atom. The number of nitrogens with one attached hydrogen (secondary N) is 1. The number of likely N-dealkylation sites (tertiary alicyclic amines) is 1. The van der Waals surface area contributed by atoms with E-state index in [9.17, 15) is 0 Å². The van der Waals surface area contributed by atoms with E-state index in [2.05, 4.69) is 23.2 Å². The van der Waals surface area contributed by atoms with Crippen molar-refractivity contribution in [3.63, 3.8) is 0 Å². The Morgan fingerprint density at radius 3 is 3.07 bits per heavy atom.